The molecule has 3 nitrogen and oxygen atoms in total. The second kappa shape index (κ2) is 5.73. The van der Waals surface area contributed by atoms with Gasteiger partial charge in [-0.1, -0.05) is 32.4 Å². The lowest BCUT2D eigenvalue weighted by Gasteiger charge is -2.34. The quantitative estimate of drug-likeness (QED) is 0.609. The average Bonchev–Trinajstić information content (AvgIpc) is 2.45. The highest BCUT2D eigenvalue weighted by Crippen LogP contribution is 2.32. The van der Waals surface area contributed by atoms with Crippen molar-refractivity contribution in [1.29, 1.82) is 5.26 Å². The van der Waals surface area contributed by atoms with Gasteiger partial charge in [0, 0.05) is 24.3 Å². The van der Waals surface area contributed by atoms with Crippen LogP contribution in [0.2, 0.25) is 0 Å². The van der Waals surface area contributed by atoms with Crippen molar-refractivity contribution < 1.29 is 4.79 Å². The van der Waals surface area contributed by atoms with Crippen LogP contribution >= 0.6 is 0 Å². The van der Waals surface area contributed by atoms with Gasteiger partial charge < -0.3 is 4.90 Å². The summed E-state index contributed by atoms with van der Waals surface area (Å²) in [5.41, 5.74) is 3.83. The molecule has 0 amide bonds. The van der Waals surface area contributed by atoms with Crippen molar-refractivity contribution in [3.05, 3.63) is 41.0 Å². The summed E-state index contributed by atoms with van der Waals surface area (Å²) in [6.45, 7) is 9.94. The number of nitriles is 1. The van der Waals surface area contributed by atoms with E-state index < -0.39 is 0 Å². The molecular formula is C18H22N2O. The van der Waals surface area contributed by atoms with Gasteiger partial charge in [0.2, 0.25) is 0 Å². The third kappa shape index (κ3) is 3.33. The molecule has 0 atom stereocenters. The molecule has 110 valence electrons. The number of carbonyl (C=O) groups is 1. The molecule has 21 heavy (non-hydrogen) atoms. The third-order valence-corrected chi connectivity index (χ3v) is 4.02. The maximum atomic E-state index is 11.8. The zero-order chi connectivity index (χ0) is 15.6. The van der Waals surface area contributed by atoms with E-state index in [1.807, 2.05) is 6.07 Å². The molecule has 1 aromatic rings. The first-order valence-corrected chi connectivity index (χ1v) is 7.32. The monoisotopic (exact) mass is 282 g/mol. The van der Waals surface area contributed by atoms with Crippen molar-refractivity contribution in [2.45, 2.75) is 34.1 Å². The number of benzene rings is 1. The predicted octanol–water partition coefficient (Wildman–Crippen LogP) is 3.94. The van der Waals surface area contributed by atoms with Gasteiger partial charge in [0.1, 0.15) is 0 Å². The molecule has 3 heteroatoms. The van der Waals surface area contributed by atoms with Crippen LogP contribution in [0.3, 0.4) is 0 Å². The topological polar surface area (TPSA) is 44.1 Å². The Morgan fingerprint density at radius 2 is 2.05 bits per heavy atom. The minimum Gasteiger partial charge on any atom is -0.367 e. The Kier molecular flexibility index (Phi) is 4.18. The van der Waals surface area contributed by atoms with Gasteiger partial charge >= 0.3 is 0 Å². The summed E-state index contributed by atoms with van der Waals surface area (Å²) in [6.07, 6.45) is 3.25. The maximum absolute atomic E-state index is 11.8. The van der Waals surface area contributed by atoms with Crippen molar-refractivity contribution in [3.63, 3.8) is 0 Å². The van der Waals surface area contributed by atoms with Crippen LogP contribution in [0.4, 0.5) is 5.69 Å². The molecule has 0 saturated heterocycles. The molecule has 0 radical (unpaired) electrons. The van der Waals surface area contributed by atoms with Crippen molar-refractivity contribution in [2.24, 2.45) is 5.41 Å². The molecule has 0 saturated carbocycles. The summed E-state index contributed by atoms with van der Waals surface area (Å²) in [5.74, 6) is 0.0417. The summed E-state index contributed by atoms with van der Waals surface area (Å²) in [5, 5.41) is 9.07. The van der Waals surface area contributed by atoms with Gasteiger partial charge in [-0.2, -0.15) is 5.26 Å². The minimum absolute atomic E-state index is 0.0417. The van der Waals surface area contributed by atoms with E-state index in [9.17, 15) is 4.79 Å². The number of rotatable bonds is 2. The molecule has 0 fully saturated rings. The zero-order valence-corrected chi connectivity index (χ0v) is 13.2. The predicted molar refractivity (Wildman–Crippen MR) is 85.5 cm³/mol. The first kappa shape index (κ1) is 15.3. The second-order valence-corrected chi connectivity index (χ2v) is 6.58. The van der Waals surface area contributed by atoms with E-state index in [0.29, 0.717) is 11.1 Å². The molecule has 1 aliphatic heterocycles. The van der Waals surface area contributed by atoms with Gasteiger partial charge in [0.25, 0.3) is 0 Å². The largest absolute Gasteiger partial charge is 0.367 e. The lowest BCUT2D eigenvalue weighted by atomic mass is 9.83. The van der Waals surface area contributed by atoms with E-state index in [0.717, 1.165) is 25.2 Å². The smallest absolute Gasteiger partial charge is 0.161 e. The molecule has 0 bridgehead atoms. The van der Waals surface area contributed by atoms with E-state index in [1.54, 1.807) is 19.1 Å². The summed E-state index contributed by atoms with van der Waals surface area (Å²) in [6, 6.07) is 7.45. The van der Waals surface area contributed by atoms with Crippen LogP contribution in [-0.2, 0) is 0 Å². The van der Waals surface area contributed by atoms with E-state index >= 15 is 0 Å². The number of Topliss-reactive ketones (excluding diaryl/α,β-unsaturated/α-hetero) is 1. The number of ketones is 1. The van der Waals surface area contributed by atoms with Crippen LogP contribution in [0.15, 0.2) is 29.8 Å². The molecule has 0 aromatic heterocycles. The summed E-state index contributed by atoms with van der Waals surface area (Å²) in [4.78, 5) is 14.0. The van der Waals surface area contributed by atoms with Crippen LogP contribution in [0, 0.1) is 16.7 Å². The molecule has 2 rings (SSSR count). The number of hydrogen-bond acceptors (Lipinski definition) is 3. The standard InChI is InChI=1S/C18H22N2O/c1-13(21)16-6-5-14(12-19)11-17(16)20-9-7-15(8-10-20)18(2,3)4/h5-7,11H,8-10H2,1-4H3. The fourth-order valence-electron chi connectivity index (χ4n) is 2.73. The summed E-state index contributed by atoms with van der Waals surface area (Å²) < 4.78 is 0. The molecule has 1 aromatic carbocycles. The zero-order valence-electron chi connectivity index (χ0n) is 13.2. The molecular weight excluding hydrogens is 260 g/mol. The fraction of sp³-hybridized carbons (Fsp3) is 0.444. The Morgan fingerprint density at radius 3 is 2.52 bits per heavy atom. The maximum Gasteiger partial charge on any atom is 0.161 e. The Labute approximate surface area is 126 Å². The Morgan fingerprint density at radius 1 is 1.33 bits per heavy atom. The average molecular weight is 282 g/mol. The highest BCUT2D eigenvalue weighted by atomic mass is 16.1. The number of hydrogen-bond donors (Lipinski definition) is 0. The van der Waals surface area contributed by atoms with E-state index in [1.165, 1.54) is 5.57 Å². The minimum atomic E-state index is 0.0417. The first-order chi connectivity index (χ1) is 9.82. The van der Waals surface area contributed by atoms with Crippen LogP contribution in [0.5, 0.6) is 0 Å². The van der Waals surface area contributed by atoms with Crippen LogP contribution in [0.25, 0.3) is 0 Å². The van der Waals surface area contributed by atoms with Gasteiger partial charge in [-0.25, -0.2) is 0 Å². The van der Waals surface area contributed by atoms with Crippen molar-refractivity contribution in [1.82, 2.24) is 0 Å². The van der Waals surface area contributed by atoms with E-state index in [2.05, 4.69) is 37.8 Å². The Bertz CT molecular complexity index is 630. The lowest BCUT2D eigenvalue weighted by Crippen LogP contribution is -2.32. The van der Waals surface area contributed by atoms with Gasteiger partial charge in [-0.3, -0.25) is 4.79 Å². The van der Waals surface area contributed by atoms with Gasteiger partial charge in [0.05, 0.1) is 11.6 Å². The van der Waals surface area contributed by atoms with Crippen molar-refractivity contribution in [3.8, 4) is 6.07 Å². The van der Waals surface area contributed by atoms with E-state index in [-0.39, 0.29) is 11.2 Å². The lowest BCUT2D eigenvalue weighted by molar-refractivity contribution is 0.101. The van der Waals surface area contributed by atoms with Crippen molar-refractivity contribution in [2.75, 3.05) is 18.0 Å². The third-order valence-electron chi connectivity index (χ3n) is 4.02. The highest BCUT2D eigenvalue weighted by Gasteiger charge is 2.23. The molecule has 0 spiro atoms. The normalized spacial score (nSPS) is 15.4. The molecule has 1 aliphatic rings. The summed E-state index contributed by atoms with van der Waals surface area (Å²) in [7, 11) is 0. The second-order valence-electron chi connectivity index (χ2n) is 6.58. The Balaban J connectivity index is 2.34. The molecule has 0 aliphatic carbocycles. The van der Waals surface area contributed by atoms with Gasteiger partial charge in [-0.15, -0.1) is 0 Å². The molecule has 0 unspecified atom stereocenters. The van der Waals surface area contributed by atoms with Gasteiger partial charge in [-0.05, 0) is 37.0 Å². The highest BCUT2D eigenvalue weighted by molar-refractivity contribution is 6.00. The van der Waals surface area contributed by atoms with Crippen LogP contribution < -0.4 is 4.90 Å². The SMILES string of the molecule is CC(=O)c1ccc(C#N)cc1N1CC=C(C(C)(C)C)CC1. The van der Waals surface area contributed by atoms with Crippen molar-refractivity contribution >= 4 is 11.5 Å². The first-order valence-electron chi connectivity index (χ1n) is 7.32. The summed E-state index contributed by atoms with van der Waals surface area (Å²) >= 11 is 0. The molecule has 0 N–H and O–H groups in total. The number of anilines is 1. The fourth-order valence-corrected chi connectivity index (χ4v) is 2.73. The van der Waals surface area contributed by atoms with E-state index in [4.69, 9.17) is 5.26 Å². The Hall–Kier alpha value is -2.08. The van der Waals surface area contributed by atoms with Gasteiger partial charge in [0.15, 0.2) is 5.78 Å². The van der Waals surface area contributed by atoms with Crippen LogP contribution in [-0.4, -0.2) is 18.9 Å². The number of carbonyl (C=O) groups excluding carboxylic acids is 1. The molecule has 1 heterocycles. The number of nitrogens with zero attached hydrogens (tertiary/aromatic N) is 2. The van der Waals surface area contributed by atoms with Crippen LogP contribution in [0.1, 0.15) is 50.0 Å².